The zero-order valence-electron chi connectivity index (χ0n) is 18.7. The molecule has 0 spiro atoms. The zero-order chi connectivity index (χ0) is 23.1. The fraction of sp³-hybridized carbons (Fsp3) is 0.375. The first kappa shape index (κ1) is 23.3. The van der Waals surface area contributed by atoms with E-state index in [0.717, 1.165) is 18.7 Å². The third kappa shape index (κ3) is 6.07. The first-order chi connectivity index (χ1) is 15.4. The minimum atomic E-state index is -0.405. The van der Waals surface area contributed by atoms with Crippen LogP contribution in [0.4, 0.5) is 11.4 Å². The van der Waals surface area contributed by atoms with E-state index in [1.807, 2.05) is 19.1 Å². The largest absolute Gasteiger partial charge is 0.461 e. The molecule has 1 amide bonds. The van der Waals surface area contributed by atoms with Crippen molar-refractivity contribution in [2.75, 3.05) is 49.5 Å². The molecule has 0 aliphatic carbocycles. The van der Waals surface area contributed by atoms with Gasteiger partial charge in [0.2, 0.25) is 5.91 Å². The molecule has 32 heavy (non-hydrogen) atoms. The van der Waals surface area contributed by atoms with Gasteiger partial charge in [-0.1, -0.05) is 19.9 Å². The van der Waals surface area contributed by atoms with Crippen molar-refractivity contribution in [3.8, 4) is 5.75 Å². The Labute approximate surface area is 188 Å². The molecule has 1 aliphatic heterocycles. The molecule has 1 N–H and O–H groups in total. The van der Waals surface area contributed by atoms with Crippen LogP contribution in [-0.4, -0.2) is 62.1 Å². The molecule has 0 fully saturated rings. The number of carbonyl (C=O) groups is 3. The molecule has 0 bridgehead atoms. The van der Waals surface area contributed by atoms with Crippen molar-refractivity contribution in [2.24, 2.45) is 0 Å². The van der Waals surface area contributed by atoms with E-state index in [1.54, 1.807) is 35.2 Å². The number of benzene rings is 2. The number of carbonyl (C=O) groups excluding carboxylic acids is 3. The Kier molecular flexibility index (Phi) is 7.83. The first-order valence-corrected chi connectivity index (χ1v) is 10.7. The standard InChI is InChI=1S/C24H29N3O5/c1-4-26(5-2)12-13-31-24(30)18-7-9-19(10-8-18)25-22(28)15-27-16-23(29)32-21-11-6-17(3)14-20(21)27/h6-11,14H,4-5,12-13,15-16H2,1-3H3,(H,25,28). The maximum absolute atomic E-state index is 12.6. The van der Waals surface area contributed by atoms with Crippen molar-refractivity contribution in [3.63, 3.8) is 0 Å². The molecule has 8 nitrogen and oxygen atoms in total. The number of nitrogens with one attached hydrogen (secondary N) is 1. The summed E-state index contributed by atoms with van der Waals surface area (Å²) < 4.78 is 10.6. The zero-order valence-corrected chi connectivity index (χ0v) is 18.7. The van der Waals surface area contributed by atoms with Crippen molar-refractivity contribution in [1.29, 1.82) is 0 Å². The summed E-state index contributed by atoms with van der Waals surface area (Å²) in [6.45, 7) is 8.91. The van der Waals surface area contributed by atoms with Gasteiger partial charge in [-0.3, -0.25) is 4.79 Å². The number of nitrogens with zero attached hydrogens (tertiary/aromatic N) is 2. The highest BCUT2D eigenvalue weighted by Gasteiger charge is 2.25. The summed E-state index contributed by atoms with van der Waals surface area (Å²) >= 11 is 0. The molecule has 0 saturated heterocycles. The first-order valence-electron chi connectivity index (χ1n) is 10.7. The smallest absolute Gasteiger partial charge is 0.338 e. The lowest BCUT2D eigenvalue weighted by Gasteiger charge is -2.29. The van der Waals surface area contributed by atoms with Gasteiger partial charge in [-0.2, -0.15) is 0 Å². The topological polar surface area (TPSA) is 88.2 Å². The van der Waals surface area contributed by atoms with Gasteiger partial charge in [0.1, 0.15) is 13.2 Å². The lowest BCUT2D eigenvalue weighted by molar-refractivity contribution is -0.133. The third-order valence-corrected chi connectivity index (χ3v) is 5.27. The molecule has 3 rings (SSSR count). The number of aryl methyl sites for hydroxylation is 1. The highest BCUT2D eigenvalue weighted by Crippen LogP contribution is 2.32. The van der Waals surface area contributed by atoms with Crippen LogP contribution in [0.25, 0.3) is 0 Å². The molecule has 0 radical (unpaired) electrons. The average molecular weight is 440 g/mol. The summed E-state index contributed by atoms with van der Waals surface area (Å²) in [7, 11) is 0. The summed E-state index contributed by atoms with van der Waals surface area (Å²) in [5, 5.41) is 2.80. The second kappa shape index (κ2) is 10.8. The Hall–Kier alpha value is -3.39. The van der Waals surface area contributed by atoms with Crippen LogP contribution in [0.3, 0.4) is 0 Å². The number of esters is 2. The number of amides is 1. The normalized spacial score (nSPS) is 12.9. The lowest BCUT2D eigenvalue weighted by Crippen LogP contribution is -2.41. The number of likely N-dealkylation sites (N-methyl/N-ethyl adjacent to an activating group) is 1. The number of ether oxygens (including phenoxy) is 2. The molecule has 0 saturated carbocycles. The Bertz CT molecular complexity index is 970. The molecule has 0 aromatic heterocycles. The highest BCUT2D eigenvalue weighted by molar-refractivity contribution is 5.97. The third-order valence-electron chi connectivity index (χ3n) is 5.27. The van der Waals surface area contributed by atoms with Crippen LogP contribution in [-0.2, 0) is 14.3 Å². The number of rotatable bonds is 9. The summed E-state index contributed by atoms with van der Waals surface area (Å²) in [4.78, 5) is 40.5. The fourth-order valence-electron chi connectivity index (χ4n) is 3.45. The van der Waals surface area contributed by atoms with E-state index in [-0.39, 0.29) is 19.0 Å². The minimum absolute atomic E-state index is 0.000698. The molecule has 170 valence electrons. The average Bonchev–Trinajstić information content (AvgIpc) is 2.77. The van der Waals surface area contributed by atoms with E-state index in [9.17, 15) is 14.4 Å². The van der Waals surface area contributed by atoms with Crippen LogP contribution >= 0.6 is 0 Å². The lowest BCUT2D eigenvalue weighted by atomic mass is 10.1. The summed E-state index contributed by atoms with van der Waals surface area (Å²) in [6, 6.07) is 12.0. The molecular weight excluding hydrogens is 410 g/mol. The van der Waals surface area contributed by atoms with Gasteiger partial charge < -0.3 is 24.6 Å². The fourth-order valence-corrected chi connectivity index (χ4v) is 3.45. The minimum Gasteiger partial charge on any atom is -0.461 e. The second-order valence-electron chi connectivity index (χ2n) is 7.59. The summed E-state index contributed by atoms with van der Waals surface area (Å²) in [6.07, 6.45) is 0. The van der Waals surface area contributed by atoms with Gasteiger partial charge in [0, 0.05) is 12.2 Å². The monoisotopic (exact) mass is 439 g/mol. The second-order valence-corrected chi connectivity index (χ2v) is 7.59. The van der Waals surface area contributed by atoms with Crippen LogP contribution < -0.4 is 15.0 Å². The molecule has 2 aromatic rings. The van der Waals surface area contributed by atoms with Gasteiger partial charge in [-0.15, -0.1) is 0 Å². The van der Waals surface area contributed by atoms with Crippen LogP contribution in [0.15, 0.2) is 42.5 Å². The number of fused-ring (bicyclic) bond motifs is 1. The number of hydrogen-bond donors (Lipinski definition) is 1. The van der Waals surface area contributed by atoms with E-state index < -0.39 is 11.9 Å². The van der Waals surface area contributed by atoms with E-state index in [2.05, 4.69) is 24.1 Å². The molecule has 2 aromatic carbocycles. The van der Waals surface area contributed by atoms with Crippen molar-refractivity contribution in [2.45, 2.75) is 20.8 Å². The van der Waals surface area contributed by atoms with Crippen molar-refractivity contribution >= 4 is 29.2 Å². The quantitative estimate of drug-likeness (QED) is 0.475. The van der Waals surface area contributed by atoms with Crippen LogP contribution in [0.1, 0.15) is 29.8 Å². The number of hydrogen-bond acceptors (Lipinski definition) is 7. The van der Waals surface area contributed by atoms with Crippen molar-refractivity contribution in [1.82, 2.24) is 4.90 Å². The molecule has 8 heteroatoms. The Morgan fingerprint density at radius 3 is 2.53 bits per heavy atom. The van der Waals surface area contributed by atoms with Gasteiger partial charge in [-0.05, 0) is 62.0 Å². The van der Waals surface area contributed by atoms with Gasteiger partial charge >= 0.3 is 11.9 Å². The van der Waals surface area contributed by atoms with Crippen molar-refractivity contribution < 1.29 is 23.9 Å². The molecule has 0 atom stereocenters. The molecule has 1 aliphatic rings. The van der Waals surface area contributed by atoms with Gasteiger partial charge in [0.05, 0.1) is 17.8 Å². The summed E-state index contributed by atoms with van der Waals surface area (Å²) in [5.41, 5.74) is 2.69. The van der Waals surface area contributed by atoms with E-state index in [1.165, 1.54) is 0 Å². The van der Waals surface area contributed by atoms with E-state index in [0.29, 0.717) is 35.8 Å². The maximum Gasteiger partial charge on any atom is 0.338 e. The van der Waals surface area contributed by atoms with Crippen LogP contribution in [0.5, 0.6) is 5.75 Å². The van der Waals surface area contributed by atoms with Crippen molar-refractivity contribution in [3.05, 3.63) is 53.6 Å². The predicted octanol–water partition coefficient (Wildman–Crippen LogP) is 2.86. The molecule has 0 unspecified atom stereocenters. The predicted molar refractivity (Wildman–Crippen MR) is 122 cm³/mol. The van der Waals surface area contributed by atoms with E-state index >= 15 is 0 Å². The summed E-state index contributed by atoms with van der Waals surface area (Å²) in [5.74, 6) is -0.628. The van der Waals surface area contributed by atoms with E-state index in [4.69, 9.17) is 9.47 Å². The van der Waals surface area contributed by atoms with Crippen LogP contribution in [0.2, 0.25) is 0 Å². The Morgan fingerprint density at radius 2 is 1.84 bits per heavy atom. The Balaban J connectivity index is 1.55. The van der Waals surface area contributed by atoms with Gasteiger partial charge in [0.15, 0.2) is 5.75 Å². The SMILES string of the molecule is CCN(CC)CCOC(=O)c1ccc(NC(=O)CN2CC(=O)Oc3ccc(C)cc32)cc1. The maximum atomic E-state index is 12.6. The van der Waals surface area contributed by atoms with Gasteiger partial charge in [0.25, 0.3) is 0 Å². The molecular formula is C24H29N3O5. The Morgan fingerprint density at radius 1 is 1.12 bits per heavy atom. The van der Waals surface area contributed by atoms with Gasteiger partial charge in [-0.25, -0.2) is 9.59 Å². The molecule has 1 heterocycles. The van der Waals surface area contributed by atoms with Crippen LogP contribution in [0, 0.1) is 6.92 Å². The number of anilines is 2. The highest BCUT2D eigenvalue weighted by atomic mass is 16.5.